The van der Waals surface area contributed by atoms with Gasteiger partial charge in [-0.1, -0.05) is 59.6 Å². The molecule has 2 rings (SSSR count). The molecular formula is C21H27BrO2. The third-order valence-corrected chi connectivity index (χ3v) is 4.42. The molecule has 2 aromatic carbocycles. The smallest absolute Gasteiger partial charge is 0.122 e. The Bertz CT molecular complexity index is 584. The van der Waals surface area contributed by atoms with Crippen LogP contribution in [0.5, 0.6) is 11.5 Å². The van der Waals surface area contributed by atoms with Crippen LogP contribution in [0.25, 0.3) is 0 Å². The summed E-state index contributed by atoms with van der Waals surface area (Å²) in [6.07, 6.45) is 5.21. The van der Waals surface area contributed by atoms with Crippen LogP contribution in [0.15, 0.2) is 48.5 Å². The third-order valence-electron chi connectivity index (χ3n) is 3.86. The van der Waals surface area contributed by atoms with Gasteiger partial charge in [-0.2, -0.15) is 0 Å². The number of hydrogen-bond acceptors (Lipinski definition) is 2. The van der Waals surface area contributed by atoms with Crippen molar-refractivity contribution < 1.29 is 9.47 Å². The Balaban J connectivity index is 2.04. The number of rotatable bonds is 11. The zero-order valence-electron chi connectivity index (χ0n) is 14.5. The third kappa shape index (κ3) is 6.56. The lowest BCUT2D eigenvalue weighted by molar-refractivity contribution is 0.302. The van der Waals surface area contributed by atoms with Gasteiger partial charge in [-0.15, -0.1) is 0 Å². The number of benzene rings is 2. The quantitative estimate of drug-likeness (QED) is 0.355. The number of hydrogen-bond donors (Lipinski definition) is 0. The molecule has 24 heavy (non-hydrogen) atoms. The molecule has 0 spiro atoms. The second-order valence-corrected chi connectivity index (χ2v) is 6.64. The van der Waals surface area contributed by atoms with E-state index in [-0.39, 0.29) is 0 Å². The fourth-order valence-electron chi connectivity index (χ4n) is 2.48. The molecule has 0 unspecified atom stereocenters. The molecule has 3 heteroatoms. The summed E-state index contributed by atoms with van der Waals surface area (Å²) >= 11 is 3.45. The first-order chi connectivity index (χ1) is 11.8. The molecule has 0 heterocycles. The van der Waals surface area contributed by atoms with E-state index in [1.807, 2.05) is 6.07 Å². The Morgan fingerprint density at radius 2 is 1.67 bits per heavy atom. The van der Waals surface area contributed by atoms with Crippen LogP contribution in [0, 0.1) is 0 Å². The molecule has 0 aliphatic heterocycles. The first kappa shape index (κ1) is 18.9. The Kier molecular flexibility index (Phi) is 8.75. The van der Waals surface area contributed by atoms with E-state index < -0.39 is 0 Å². The van der Waals surface area contributed by atoms with Crippen molar-refractivity contribution in [2.75, 3.05) is 18.5 Å². The molecule has 0 aliphatic carbocycles. The van der Waals surface area contributed by atoms with E-state index in [0.29, 0.717) is 0 Å². The van der Waals surface area contributed by atoms with Crippen LogP contribution in [0.4, 0.5) is 0 Å². The molecule has 0 atom stereocenters. The summed E-state index contributed by atoms with van der Waals surface area (Å²) in [7, 11) is 0. The summed E-state index contributed by atoms with van der Waals surface area (Å²) in [6.45, 7) is 3.69. The van der Waals surface area contributed by atoms with E-state index in [1.165, 1.54) is 11.1 Å². The van der Waals surface area contributed by atoms with Crippen molar-refractivity contribution >= 4 is 15.9 Å². The lowest BCUT2D eigenvalue weighted by Gasteiger charge is -2.14. The van der Waals surface area contributed by atoms with Gasteiger partial charge in [-0.25, -0.2) is 0 Å². The largest absolute Gasteiger partial charge is 0.494 e. The van der Waals surface area contributed by atoms with Crippen LogP contribution in [0.2, 0.25) is 0 Å². The molecule has 0 aliphatic rings. The summed E-state index contributed by atoms with van der Waals surface area (Å²) in [4.78, 5) is 0. The molecular weight excluding hydrogens is 364 g/mol. The topological polar surface area (TPSA) is 18.5 Å². The van der Waals surface area contributed by atoms with Crippen LogP contribution in [-0.2, 0) is 12.8 Å². The number of alkyl halides is 1. The van der Waals surface area contributed by atoms with Gasteiger partial charge >= 0.3 is 0 Å². The van der Waals surface area contributed by atoms with Crippen LogP contribution in [0.1, 0.15) is 37.3 Å². The Hall–Kier alpha value is -1.48. The minimum absolute atomic E-state index is 0.736. The first-order valence-corrected chi connectivity index (χ1v) is 9.94. The van der Waals surface area contributed by atoms with Crippen molar-refractivity contribution in [3.8, 4) is 11.5 Å². The van der Waals surface area contributed by atoms with E-state index >= 15 is 0 Å². The molecule has 2 aromatic rings. The van der Waals surface area contributed by atoms with Gasteiger partial charge in [0.25, 0.3) is 0 Å². The van der Waals surface area contributed by atoms with Gasteiger partial charge in [0.1, 0.15) is 11.5 Å². The van der Waals surface area contributed by atoms with Gasteiger partial charge in [0.15, 0.2) is 0 Å². The van der Waals surface area contributed by atoms with Gasteiger partial charge in [-0.05, 0) is 55.0 Å². The van der Waals surface area contributed by atoms with E-state index in [0.717, 1.165) is 62.1 Å². The lowest BCUT2D eigenvalue weighted by Crippen LogP contribution is -2.03. The maximum atomic E-state index is 5.96. The van der Waals surface area contributed by atoms with Crippen LogP contribution in [0.3, 0.4) is 0 Å². The minimum atomic E-state index is 0.736. The molecule has 0 radical (unpaired) electrons. The van der Waals surface area contributed by atoms with E-state index in [4.69, 9.17) is 9.47 Å². The summed E-state index contributed by atoms with van der Waals surface area (Å²) in [5.74, 6) is 1.93. The average Bonchev–Trinajstić information content (AvgIpc) is 2.62. The number of unbranched alkanes of at least 4 members (excludes halogenated alkanes) is 1. The highest BCUT2D eigenvalue weighted by atomic mass is 79.9. The summed E-state index contributed by atoms with van der Waals surface area (Å²) in [5.41, 5.74) is 2.57. The molecule has 0 aromatic heterocycles. The predicted molar refractivity (Wildman–Crippen MR) is 105 cm³/mol. The average molecular weight is 391 g/mol. The van der Waals surface area contributed by atoms with Gasteiger partial charge in [0.2, 0.25) is 0 Å². The maximum Gasteiger partial charge on any atom is 0.122 e. The molecule has 0 amide bonds. The van der Waals surface area contributed by atoms with Crippen LogP contribution >= 0.6 is 15.9 Å². The zero-order chi connectivity index (χ0) is 17.0. The van der Waals surface area contributed by atoms with E-state index in [2.05, 4.69) is 65.3 Å². The monoisotopic (exact) mass is 390 g/mol. The van der Waals surface area contributed by atoms with Crippen molar-refractivity contribution in [1.29, 1.82) is 0 Å². The van der Waals surface area contributed by atoms with Gasteiger partial charge < -0.3 is 9.47 Å². The summed E-state index contributed by atoms with van der Waals surface area (Å²) in [5, 5.41) is 0.963. The Morgan fingerprint density at radius 1 is 0.875 bits per heavy atom. The number of aryl methyl sites for hydroxylation is 2. The van der Waals surface area contributed by atoms with Gasteiger partial charge in [0, 0.05) is 5.33 Å². The molecule has 0 bridgehead atoms. The summed E-state index contributed by atoms with van der Waals surface area (Å²) in [6, 6.07) is 16.8. The molecule has 0 fully saturated rings. The van der Waals surface area contributed by atoms with Gasteiger partial charge in [0.05, 0.1) is 13.2 Å². The lowest BCUT2D eigenvalue weighted by atomic mass is 10.0. The molecule has 0 saturated carbocycles. The number of halogens is 1. The van der Waals surface area contributed by atoms with E-state index in [1.54, 1.807) is 0 Å². The predicted octanol–water partition coefficient (Wildman–Crippen LogP) is 5.81. The SMILES string of the molecule is CCCCOc1ccc(OCCCBr)c(CCc2ccccc2)c1. The highest BCUT2D eigenvalue weighted by molar-refractivity contribution is 9.09. The molecule has 0 saturated heterocycles. The fourth-order valence-corrected chi connectivity index (χ4v) is 2.71. The highest BCUT2D eigenvalue weighted by Gasteiger charge is 2.07. The van der Waals surface area contributed by atoms with Crippen molar-refractivity contribution in [3.63, 3.8) is 0 Å². The maximum absolute atomic E-state index is 5.96. The van der Waals surface area contributed by atoms with Crippen molar-refractivity contribution in [3.05, 3.63) is 59.7 Å². The highest BCUT2D eigenvalue weighted by Crippen LogP contribution is 2.26. The Morgan fingerprint density at radius 3 is 2.42 bits per heavy atom. The van der Waals surface area contributed by atoms with Crippen LogP contribution < -0.4 is 9.47 Å². The second kappa shape index (κ2) is 11.1. The normalized spacial score (nSPS) is 10.6. The molecule has 0 N–H and O–H groups in total. The Labute approximate surface area is 154 Å². The molecule has 130 valence electrons. The van der Waals surface area contributed by atoms with Gasteiger partial charge in [-0.3, -0.25) is 0 Å². The standard InChI is InChI=1S/C21H27BrO2/c1-2-3-15-23-20-12-13-21(24-16-7-14-22)19(17-20)11-10-18-8-5-4-6-9-18/h4-6,8-9,12-13,17H,2-3,7,10-11,14-16H2,1H3. The fraction of sp³-hybridized carbons (Fsp3) is 0.429. The number of ether oxygens (including phenoxy) is 2. The zero-order valence-corrected chi connectivity index (χ0v) is 16.1. The van der Waals surface area contributed by atoms with E-state index in [9.17, 15) is 0 Å². The van der Waals surface area contributed by atoms with Crippen molar-refractivity contribution in [2.45, 2.75) is 39.0 Å². The van der Waals surface area contributed by atoms with Crippen LogP contribution in [-0.4, -0.2) is 18.5 Å². The van der Waals surface area contributed by atoms with Crippen molar-refractivity contribution in [1.82, 2.24) is 0 Å². The van der Waals surface area contributed by atoms with Crippen molar-refractivity contribution in [2.24, 2.45) is 0 Å². The minimum Gasteiger partial charge on any atom is -0.494 e. The summed E-state index contributed by atoms with van der Waals surface area (Å²) < 4.78 is 11.8. The second-order valence-electron chi connectivity index (χ2n) is 5.85. The molecule has 2 nitrogen and oxygen atoms in total. The first-order valence-electron chi connectivity index (χ1n) is 8.82.